The molecule has 1 atom stereocenters. The van der Waals surface area contributed by atoms with Gasteiger partial charge in [0.2, 0.25) is 0 Å². The number of carbonyl (C=O) groups excluding carboxylic acids is 1. The number of benzene rings is 1. The molecule has 0 radical (unpaired) electrons. The number of aliphatic hydroxyl groups excluding tert-OH is 1. The summed E-state index contributed by atoms with van der Waals surface area (Å²) >= 11 is 5.70. The van der Waals surface area contributed by atoms with E-state index in [1.807, 2.05) is 5.92 Å². The van der Waals surface area contributed by atoms with E-state index in [4.69, 9.17) is 11.6 Å². The highest BCUT2D eigenvalue weighted by atomic mass is 35.5. The van der Waals surface area contributed by atoms with E-state index < -0.39 is 17.0 Å². The molecule has 0 aliphatic heterocycles. The van der Waals surface area contributed by atoms with Crippen LogP contribution < -0.4 is 0 Å². The Hall–Kier alpha value is -2.10. The van der Waals surface area contributed by atoms with Gasteiger partial charge in [-0.05, 0) is 19.1 Å². The van der Waals surface area contributed by atoms with E-state index in [9.17, 15) is 20.0 Å². The fraction of sp³-hybridized carbons (Fsp3) is 0.250. The van der Waals surface area contributed by atoms with Crippen molar-refractivity contribution in [1.29, 1.82) is 0 Å². The zero-order valence-corrected chi connectivity index (χ0v) is 10.7. The Bertz CT molecular complexity index is 561. The van der Waals surface area contributed by atoms with E-state index in [0.717, 1.165) is 6.07 Å². The first-order valence-corrected chi connectivity index (χ1v) is 5.63. The van der Waals surface area contributed by atoms with Gasteiger partial charge in [-0.25, -0.2) is 4.79 Å². The monoisotopic (exact) mass is 283 g/mol. The lowest BCUT2D eigenvalue weighted by Gasteiger charge is -2.05. The van der Waals surface area contributed by atoms with Crippen LogP contribution in [0, 0.1) is 22.0 Å². The van der Waals surface area contributed by atoms with Gasteiger partial charge >= 0.3 is 5.97 Å². The second-order valence-corrected chi connectivity index (χ2v) is 3.79. The van der Waals surface area contributed by atoms with Crippen molar-refractivity contribution in [2.24, 2.45) is 0 Å². The van der Waals surface area contributed by atoms with Crippen LogP contribution in [-0.4, -0.2) is 22.6 Å². The number of hydrogen-bond acceptors (Lipinski definition) is 5. The molecule has 0 saturated heterocycles. The Morgan fingerprint density at radius 3 is 2.89 bits per heavy atom. The average Bonchev–Trinajstić information content (AvgIpc) is 2.35. The highest BCUT2D eigenvalue weighted by Crippen LogP contribution is 2.27. The van der Waals surface area contributed by atoms with E-state index in [1.54, 1.807) is 6.92 Å². The van der Waals surface area contributed by atoms with E-state index >= 15 is 0 Å². The minimum Gasteiger partial charge on any atom is -0.456 e. The van der Waals surface area contributed by atoms with Crippen LogP contribution in [0.15, 0.2) is 18.2 Å². The number of nitro benzene ring substituents is 1. The van der Waals surface area contributed by atoms with Crippen LogP contribution in [0.2, 0.25) is 5.02 Å². The molecule has 0 aromatic heterocycles. The third kappa shape index (κ3) is 4.25. The van der Waals surface area contributed by atoms with Crippen LogP contribution in [0.25, 0.3) is 0 Å². The lowest BCUT2D eigenvalue weighted by atomic mass is 10.1. The van der Waals surface area contributed by atoms with Gasteiger partial charge in [0.05, 0.1) is 17.1 Å². The summed E-state index contributed by atoms with van der Waals surface area (Å²) in [5, 5.41) is 20.8. The minimum atomic E-state index is -1.50. The molecule has 6 nitrogen and oxygen atoms in total. The molecule has 0 bridgehead atoms. The van der Waals surface area contributed by atoms with E-state index in [0.29, 0.717) is 0 Å². The third-order valence-corrected chi connectivity index (χ3v) is 2.30. The fourth-order valence-electron chi connectivity index (χ4n) is 1.28. The number of halogens is 1. The first-order chi connectivity index (χ1) is 8.95. The average molecular weight is 284 g/mol. The van der Waals surface area contributed by atoms with Crippen LogP contribution in [0.1, 0.15) is 18.6 Å². The Morgan fingerprint density at radius 2 is 2.32 bits per heavy atom. The van der Waals surface area contributed by atoms with Gasteiger partial charge in [0.1, 0.15) is 6.10 Å². The Labute approximate surface area is 114 Å². The summed E-state index contributed by atoms with van der Waals surface area (Å²) in [6, 6.07) is 3.71. The van der Waals surface area contributed by atoms with Crippen molar-refractivity contribution in [3.63, 3.8) is 0 Å². The topological polar surface area (TPSA) is 89.7 Å². The number of carbonyl (C=O) groups is 1. The molecule has 0 saturated carbocycles. The molecule has 19 heavy (non-hydrogen) atoms. The second kappa shape index (κ2) is 6.73. The highest BCUT2D eigenvalue weighted by molar-refractivity contribution is 6.30. The first-order valence-electron chi connectivity index (χ1n) is 5.26. The summed E-state index contributed by atoms with van der Waals surface area (Å²) in [6.45, 7) is 1.76. The van der Waals surface area contributed by atoms with Crippen molar-refractivity contribution in [1.82, 2.24) is 0 Å². The summed E-state index contributed by atoms with van der Waals surface area (Å²) < 4.78 is 4.55. The van der Waals surface area contributed by atoms with Crippen molar-refractivity contribution in [3.05, 3.63) is 38.9 Å². The van der Waals surface area contributed by atoms with Gasteiger partial charge < -0.3 is 9.84 Å². The molecule has 1 unspecified atom stereocenters. The molecule has 0 amide bonds. The summed E-state index contributed by atoms with van der Waals surface area (Å²) in [7, 11) is 0. The molecule has 1 N–H and O–H groups in total. The quantitative estimate of drug-likeness (QED) is 0.301. The molecule has 0 aliphatic rings. The van der Waals surface area contributed by atoms with Gasteiger partial charge in [-0.2, -0.15) is 0 Å². The molecule has 7 heteroatoms. The maximum absolute atomic E-state index is 11.0. The van der Waals surface area contributed by atoms with Crippen LogP contribution >= 0.6 is 11.6 Å². The van der Waals surface area contributed by atoms with Crippen LogP contribution in [-0.2, 0) is 9.53 Å². The van der Waals surface area contributed by atoms with Gasteiger partial charge in [0.15, 0.2) is 0 Å². The van der Waals surface area contributed by atoms with Crippen molar-refractivity contribution in [2.75, 3.05) is 6.61 Å². The SMILES string of the molecule is CCOC(=O)C#CC(O)c1cc(Cl)ccc1[N+](=O)[O-]. The number of nitrogens with zero attached hydrogens (tertiary/aromatic N) is 1. The Balaban J connectivity index is 3.05. The number of ether oxygens (including phenoxy) is 1. The van der Waals surface area contributed by atoms with Gasteiger partial charge in [0, 0.05) is 17.0 Å². The molecule has 100 valence electrons. The van der Waals surface area contributed by atoms with Crippen molar-refractivity contribution in [2.45, 2.75) is 13.0 Å². The zero-order valence-electron chi connectivity index (χ0n) is 9.92. The van der Waals surface area contributed by atoms with Gasteiger partial charge in [0.25, 0.3) is 5.69 Å². The smallest absolute Gasteiger partial charge is 0.384 e. The first kappa shape index (κ1) is 15.0. The maximum atomic E-state index is 11.0. The summed E-state index contributed by atoms with van der Waals surface area (Å²) in [5.74, 6) is 3.40. The number of esters is 1. The van der Waals surface area contributed by atoms with Crippen LogP contribution in [0.5, 0.6) is 0 Å². The fourth-order valence-corrected chi connectivity index (χ4v) is 1.46. The number of nitro groups is 1. The zero-order chi connectivity index (χ0) is 14.4. The van der Waals surface area contributed by atoms with Gasteiger partial charge in [-0.1, -0.05) is 17.5 Å². The molecule has 0 heterocycles. The number of hydrogen-bond donors (Lipinski definition) is 1. The van der Waals surface area contributed by atoms with Gasteiger partial charge in [-0.3, -0.25) is 10.1 Å². The number of rotatable bonds is 3. The Morgan fingerprint density at radius 1 is 1.63 bits per heavy atom. The van der Waals surface area contributed by atoms with Crippen LogP contribution in [0.3, 0.4) is 0 Å². The lowest BCUT2D eigenvalue weighted by molar-refractivity contribution is -0.386. The summed E-state index contributed by atoms with van der Waals surface area (Å²) in [6.07, 6.45) is -1.50. The predicted octanol–water partition coefficient (Wildman–Crippen LogP) is 1.85. The molecule has 0 aliphatic carbocycles. The second-order valence-electron chi connectivity index (χ2n) is 3.35. The Kier molecular flexibility index (Phi) is 5.30. The highest BCUT2D eigenvalue weighted by Gasteiger charge is 2.19. The molecule has 1 aromatic rings. The maximum Gasteiger partial charge on any atom is 0.384 e. The predicted molar refractivity (Wildman–Crippen MR) is 67.5 cm³/mol. The molecule has 0 spiro atoms. The summed E-state index contributed by atoms with van der Waals surface area (Å²) in [4.78, 5) is 21.1. The largest absolute Gasteiger partial charge is 0.456 e. The number of aliphatic hydroxyl groups is 1. The van der Waals surface area contributed by atoms with E-state index in [-0.39, 0.29) is 22.9 Å². The molecule has 1 aromatic carbocycles. The molecular weight excluding hydrogens is 274 g/mol. The summed E-state index contributed by atoms with van der Waals surface area (Å²) in [5.41, 5.74) is -0.399. The van der Waals surface area contributed by atoms with Crippen molar-refractivity contribution < 1.29 is 19.6 Å². The van der Waals surface area contributed by atoms with Crippen molar-refractivity contribution in [3.8, 4) is 11.8 Å². The third-order valence-electron chi connectivity index (χ3n) is 2.07. The van der Waals surface area contributed by atoms with Gasteiger partial charge in [-0.15, -0.1) is 0 Å². The lowest BCUT2D eigenvalue weighted by Crippen LogP contribution is -2.03. The molecule has 0 fully saturated rings. The minimum absolute atomic E-state index is 0.0747. The molecular formula is C12H10ClNO5. The molecule has 1 rings (SSSR count). The standard InChI is InChI=1S/C12H10ClNO5/c1-2-19-12(16)6-5-11(15)9-7-8(13)3-4-10(9)14(17)18/h3-4,7,11,15H,2H2,1H3. The van der Waals surface area contributed by atoms with E-state index in [2.05, 4.69) is 10.7 Å². The van der Waals surface area contributed by atoms with E-state index in [1.165, 1.54) is 12.1 Å². The normalized spacial score (nSPS) is 11.1. The van der Waals surface area contributed by atoms with Crippen molar-refractivity contribution >= 4 is 23.3 Å². The van der Waals surface area contributed by atoms with Crippen LogP contribution in [0.4, 0.5) is 5.69 Å².